The molecule has 0 amide bonds. The Kier molecular flexibility index (Phi) is 12.1. The summed E-state index contributed by atoms with van der Waals surface area (Å²) < 4.78 is 0. The van der Waals surface area contributed by atoms with Gasteiger partial charge in [-0.1, -0.05) is 200 Å². The van der Waals surface area contributed by atoms with Gasteiger partial charge >= 0.3 is 0 Å². The Morgan fingerprint density at radius 3 is 0.623 bits per heavy atom. The largest absolute Gasteiger partial charge is 0.311 e. The Morgan fingerprint density at radius 1 is 0.145 bits per heavy atom. The number of hydrogen-bond acceptors (Lipinski definition) is 3. The van der Waals surface area contributed by atoms with Crippen LogP contribution in [0.25, 0.3) is 44.5 Å². The summed E-state index contributed by atoms with van der Waals surface area (Å²) in [5.74, 6) is 0. The maximum absolute atomic E-state index is 2.43. The van der Waals surface area contributed by atoms with E-state index in [2.05, 4.69) is 312 Å². The quantitative estimate of drug-likeness (QED) is 0.114. The zero-order chi connectivity index (χ0) is 46.2. The highest BCUT2D eigenvalue weighted by Crippen LogP contribution is 2.47. The topological polar surface area (TPSA) is 9.72 Å². The highest BCUT2D eigenvalue weighted by atomic mass is 15.2. The minimum atomic E-state index is 1.06. The molecule has 3 nitrogen and oxygen atoms in total. The molecule has 0 fully saturated rings. The SMILES string of the molecule is c1ccc(-c2cccc(-c3ccccc3)c2N(c2ccc(-c3ccc(N(c4ccccc4)c4ccccc4)cc3)cc2)c2ccc(-c3ccc(N(c4ccccc4)c4ccccc4)cc3)cc2)cc1. The number of anilines is 9. The van der Waals surface area contributed by atoms with Crippen LogP contribution in [0.5, 0.6) is 0 Å². The molecule has 0 aliphatic rings. The highest BCUT2D eigenvalue weighted by molar-refractivity contribution is 5.98. The van der Waals surface area contributed by atoms with Crippen LogP contribution in [0.4, 0.5) is 51.2 Å². The molecule has 0 bridgehead atoms. The fourth-order valence-electron chi connectivity index (χ4n) is 9.31. The maximum Gasteiger partial charge on any atom is 0.0618 e. The van der Waals surface area contributed by atoms with Crippen molar-refractivity contribution in [2.75, 3.05) is 14.7 Å². The third kappa shape index (κ3) is 9.05. The molecule has 69 heavy (non-hydrogen) atoms. The van der Waals surface area contributed by atoms with Gasteiger partial charge in [0.15, 0.2) is 0 Å². The molecule has 11 rings (SSSR count). The Labute approximate surface area is 405 Å². The summed E-state index contributed by atoms with van der Waals surface area (Å²) in [5.41, 5.74) is 19.1. The molecule has 0 saturated heterocycles. The lowest BCUT2D eigenvalue weighted by Crippen LogP contribution is -2.12. The molecule has 3 heteroatoms. The minimum Gasteiger partial charge on any atom is -0.311 e. The van der Waals surface area contributed by atoms with E-state index in [1.54, 1.807) is 0 Å². The molecule has 0 radical (unpaired) electrons. The second-order valence-electron chi connectivity index (χ2n) is 17.0. The second kappa shape index (κ2) is 19.7. The average molecular weight is 884 g/mol. The van der Waals surface area contributed by atoms with Crippen molar-refractivity contribution >= 4 is 51.2 Å². The van der Waals surface area contributed by atoms with Gasteiger partial charge in [0.1, 0.15) is 0 Å². The van der Waals surface area contributed by atoms with Crippen LogP contribution in [-0.2, 0) is 0 Å². The van der Waals surface area contributed by atoms with Crippen LogP contribution in [0.15, 0.2) is 297 Å². The van der Waals surface area contributed by atoms with Gasteiger partial charge in [-0.25, -0.2) is 0 Å². The van der Waals surface area contributed by atoms with Crippen LogP contribution >= 0.6 is 0 Å². The monoisotopic (exact) mass is 883 g/mol. The van der Waals surface area contributed by atoms with E-state index < -0.39 is 0 Å². The van der Waals surface area contributed by atoms with E-state index in [4.69, 9.17) is 0 Å². The Morgan fingerprint density at radius 2 is 0.362 bits per heavy atom. The molecule has 0 aliphatic heterocycles. The molecule has 0 aliphatic carbocycles. The first-order valence-electron chi connectivity index (χ1n) is 23.5. The van der Waals surface area contributed by atoms with Crippen molar-refractivity contribution in [3.8, 4) is 44.5 Å². The number of nitrogens with zero attached hydrogens (tertiary/aromatic N) is 3. The summed E-state index contributed by atoms with van der Waals surface area (Å²) in [6.45, 7) is 0. The number of hydrogen-bond donors (Lipinski definition) is 0. The third-order valence-corrected chi connectivity index (χ3v) is 12.7. The first-order chi connectivity index (χ1) is 34.2. The van der Waals surface area contributed by atoms with E-state index in [0.717, 1.165) is 95.7 Å². The van der Waals surface area contributed by atoms with E-state index in [1.165, 1.54) is 0 Å². The average Bonchev–Trinajstić information content (AvgIpc) is 3.44. The molecule has 0 unspecified atom stereocenters. The van der Waals surface area contributed by atoms with Crippen molar-refractivity contribution in [3.63, 3.8) is 0 Å². The van der Waals surface area contributed by atoms with Gasteiger partial charge in [-0.3, -0.25) is 0 Å². The van der Waals surface area contributed by atoms with Crippen molar-refractivity contribution in [3.05, 3.63) is 297 Å². The number of rotatable bonds is 13. The molecule has 0 heterocycles. The van der Waals surface area contributed by atoms with E-state index in [9.17, 15) is 0 Å². The Bertz CT molecular complexity index is 3060. The van der Waals surface area contributed by atoms with Crippen LogP contribution in [0.2, 0.25) is 0 Å². The third-order valence-electron chi connectivity index (χ3n) is 12.7. The zero-order valence-corrected chi connectivity index (χ0v) is 38.1. The lowest BCUT2D eigenvalue weighted by atomic mass is 9.94. The minimum absolute atomic E-state index is 1.06. The van der Waals surface area contributed by atoms with Crippen LogP contribution in [0.3, 0.4) is 0 Å². The van der Waals surface area contributed by atoms with Gasteiger partial charge in [-0.05, 0) is 130 Å². The first kappa shape index (κ1) is 42.5. The standard InChI is InChI=1S/C66H49N3/c1-7-20-54(21-8-1)64-32-19-33-65(55-22-9-2-10-23-55)66(64)69(62-46-38-52(39-47-62)50-34-42-60(43-35-50)67(56-24-11-3-12-25-56)57-26-13-4-14-27-57)63-48-40-53(41-49-63)51-36-44-61(45-37-51)68(58-28-15-5-16-29-58)59-30-17-6-18-31-59/h1-49H. The predicted molar refractivity (Wildman–Crippen MR) is 292 cm³/mol. The Balaban J connectivity index is 0.976. The van der Waals surface area contributed by atoms with Gasteiger partial charge in [0.25, 0.3) is 0 Å². The molecule has 11 aromatic carbocycles. The molecular formula is C66H49N3. The second-order valence-corrected chi connectivity index (χ2v) is 17.0. The lowest BCUT2D eigenvalue weighted by molar-refractivity contribution is 1.28. The fourth-order valence-corrected chi connectivity index (χ4v) is 9.31. The molecule has 0 atom stereocenters. The summed E-state index contributed by atoms with van der Waals surface area (Å²) in [5, 5.41) is 0. The smallest absolute Gasteiger partial charge is 0.0618 e. The molecular weight excluding hydrogens is 835 g/mol. The van der Waals surface area contributed by atoms with E-state index in [1.807, 2.05) is 0 Å². The Hall–Kier alpha value is -9.18. The van der Waals surface area contributed by atoms with E-state index in [-0.39, 0.29) is 0 Å². The molecule has 0 saturated carbocycles. The highest BCUT2D eigenvalue weighted by Gasteiger charge is 2.23. The molecule has 0 aromatic heterocycles. The van der Waals surface area contributed by atoms with Gasteiger partial charge in [0.2, 0.25) is 0 Å². The van der Waals surface area contributed by atoms with Gasteiger partial charge in [0, 0.05) is 56.6 Å². The maximum atomic E-state index is 2.43. The normalized spacial score (nSPS) is 10.9. The van der Waals surface area contributed by atoms with Gasteiger partial charge in [0.05, 0.1) is 5.69 Å². The van der Waals surface area contributed by atoms with E-state index in [0.29, 0.717) is 0 Å². The molecule has 0 N–H and O–H groups in total. The van der Waals surface area contributed by atoms with Crippen LogP contribution in [0, 0.1) is 0 Å². The van der Waals surface area contributed by atoms with Crippen molar-refractivity contribution < 1.29 is 0 Å². The predicted octanol–water partition coefficient (Wildman–Crippen LogP) is 18.8. The number of para-hydroxylation sites is 5. The van der Waals surface area contributed by atoms with Crippen molar-refractivity contribution in [2.45, 2.75) is 0 Å². The summed E-state index contributed by atoms with van der Waals surface area (Å²) in [4.78, 5) is 7.02. The summed E-state index contributed by atoms with van der Waals surface area (Å²) in [6.07, 6.45) is 0. The van der Waals surface area contributed by atoms with Gasteiger partial charge in [-0.2, -0.15) is 0 Å². The number of benzene rings is 11. The van der Waals surface area contributed by atoms with Crippen molar-refractivity contribution in [1.82, 2.24) is 0 Å². The van der Waals surface area contributed by atoms with Crippen molar-refractivity contribution in [1.29, 1.82) is 0 Å². The first-order valence-corrected chi connectivity index (χ1v) is 23.5. The summed E-state index contributed by atoms with van der Waals surface area (Å²) in [7, 11) is 0. The van der Waals surface area contributed by atoms with Crippen molar-refractivity contribution in [2.24, 2.45) is 0 Å². The van der Waals surface area contributed by atoms with E-state index >= 15 is 0 Å². The lowest BCUT2D eigenvalue weighted by Gasteiger charge is -2.31. The van der Waals surface area contributed by atoms with Crippen LogP contribution in [0.1, 0.15) is 0 Å². The van der Waals surface area contributed by atoms with Crippen LogP contribution in [-0.4, -0.2) is 0 Å². The molecule has 11 aromatic rings. The van der Waals surface area contributed by atoms with Crippen LogP contribution < -0.4 is 14.7 Å². The van der Waals surface area contributed by atoms with Gasteiger partial charge < -0.3 is 14.7 Å². The summed E-state index contributed by atoms with van der Waals surface area (Å²) >= 11 is 0. The van der Waals surface area contributed by atoms with Gasteiger partial charge in [-0.15, -0.1) is 0 Å². The molecule has 328 valence electrons. The molecule has 0 spiro atoms. The fraction of sp³-hybridized carbons (Fsp3) is 0. The summed E-state index contributed by atoms with van der Waals surface area (Å²) in [6, 6.07) is 106. The zero-order valence-electron chi connectivity index (χ0n) is 38.1.